The van der Waals surface area contributed by atoms with Crippen molar-refractivity contribution in [3.8, 4) is 0 Å². The summed E-state index contributed by atoms with van der Waals surface area (Å²) >= 11 is 0. The molecule has 0 rings (SSSR count). The molecule has 0 aliphatic rings. The highest BCUT2D eigenvalue weighted by Gasteiger charge is 2.23. The maximum Gasteiger partial charge on any atom is 0.220 e. The first-order chi connectivity index (χ1) is 8.17. The van der Waals surface area contributed by atoms with E-state index in [1.54, 1.807) is 0 Å². The normalized spacial score (nSPS) is 12.9. The second-order valence-electron chi connectivity index (χ2n) is 5.17. The Labute approximate surface area is 107 Å². The number of carbonyl (C=O) groups is 1. The lowest BCUT2D eigenvalue weighted by molar-refractivity contribution is -0.123. The lowest BCUT2D eigenvalue weighted by Gasteiger charge is -2.23. The maximum atomic E-state index is 11.5. The molecule has 0 aromatic heterocycles. The molecular weight excluding hydrogens is 210 g/mol. The monoisotopic (exact) mass is 241 g/mol. The molecule has 0 bridgehead atoms. The van der Waals surface area contributed by atoms with Gasteiger partial charge in [-0.05, 0) is 25.2 Å². The van der Waals surface area contributed by atoms with Crippen molar-refractivity contribution < 1.29 is 4.79 Å². The standard InChI is InChI=1S/C15H31NO/c1-4-7-9-11-13(12-10-8-5-2)14(6-3)15(16)17/h13-14H,4-12H2,1-3H3,(H2,16,17). The van der Waals surface area contributed by atoms with Crippen LogP contribution in [0.1, 0.15) is 78.6 Å². The number of nitrogens with two attached hydrogens (primary N) is 1. The van der Waals surface area contributed by atoms with Crippen LogP contribution >= 0.6 is 0 Å². The predicted octanol–water partition coefficient (Wildman–Crippen LogP) is 4.27. The molecule has 0 heterocycles. The van der Waals surface area contributed by atoms with Crippen LogP contribution in [0.4, 0.5) is 0 Å². The van der Waals surface area contributed by atoms with Crippen molar-refractivity contribution in [2.45, 2.75) is 78.6 Å². The van der Waals surface area contributed by atoms with Gasteiger partial charge < -0.3 is 5.73 Å². The molecule has 102 valence electrons. The van der Waals surface area contributed by atoms with E-state index in [-0.39, 0.29) is 11.8 Å². The van der Waals surface area contributed by atoms with Crippen LogP contribution in [0.3, 0.4) is 0 Å². The van der Waals surface area contributed by atoms with Crippen molar-refractivity contribution in [2.75, 3.05) is 0 Å². The Balaban J connectivity index is 4.20. The van der Waals surface area contributed by atoms with Gasteiger partial charge in [-0.1, -0.05) is 59.3 Å². The fourth-order valence-electron chi connectivity index (χ4n) is 2.63. The Morgan fingerprint density at radius 1 is 0.941 bits per heavy atom. The molecule has 0 saturated carbocycles. The molecule has 0 radical (unpaired) electrons. The SMILES string of the molecule is CCCCCC(CCCCC)C(CC)C(N)=O. The molecule has 2 nitrogen and oxygen atoms in total. The molecule has 0 saturated heterocycles. The van der Waals surface area contributed by atoms with E-state index in [0.29, 0.717) is 5.92 Å². The Morgan fingerprint density at radius 2 is 1.41 bits per heavy atom. The molecule has 17 heavy (non-hydrogen) atoms. The molecule has 0 aliphatic heterocycles. The number of carbonyl (C=O) groups excluding carboxylic acids is 1. The minimum absolute atomic E-state index is 0.0921. The molecule has 1 atom stereocenters. The van der Waals surface area contributed by atoms with Gasteiger partial charge in [-0.25, -0.2) is 0 Å². The van der Waals surface area contributed by atoms with Gasteiger partial charge in [0.25, 0.3) is 0 Å². The van der Waals surface area contributed by atoms with E-state index in [1.807, 2.05) is 0 Å². The predicted molar refractivity (Wildman–Crippen MR) is 74.7 cm³/mol. The average Bonchev–Trinajstić information content (AvgIpc) is 2.29. The van der Waals surface area contributed by atoms with Crippen molar-refractivity contribution in [1.29, 1.82) is 0 Å². The van der Waals surface area contributed by atoms with E-state index in [2.05, 4.69) is 20.8 Å². The van der Waals surface area contributed by atoms with Crippen LogP contribution in [0, 0.1) is 11.8 Å². The minimum atomic E-state index is -0.0921. The highest BCUT2D eigenvalue weighted by Crippen LogP contribution is 2.27. The Kier molecular flexibility index (Phi) is 10.3. The van der Waals surface area contributed by atoms with Crippen LogP contribution in [0.25, 0.3) is 0 Å². The fraction of sp³-hybridized carbons (Fsp3) is 0.933. The molecular formula is C15H31NO. The van der Waals surface area contributed by atoms with E-state index < -0.39 is 0 Å². The number of amides is 1. The molecule has 0 aliphatic carbocycles. The molecule has 1 unspecified atom stereocenters. The molecule has 2 heteroatoms. The van der Waals surface area contributed by atoms with Crippen LogP contribution in [0.5, 0.6) is 0 Å². The van der Waals surface area contributed by atoms with Crippen molar-refractivity contribution in [2.24, 2.45) is 17.6 Å². The zero-order valence-corrected chi connectivity index (χ0v) is 12.0. The Hall–Kier alpha value is -0.530. The maximum absolute atomic E-state index is 11.5. The lowest BCUT2D eigenvalue weighted by atomic mass is 9.82. The van der Waals surface area contributed by atoms with Gasteiger partial charge in [-0.2, -0.15) is 0 Å². The summed E-state index contributed by atoms with van der Waals surface area (Å²) in [6.07, 6.45) is 10.8. The summed E-state index contributed by atoms with van der Waals surface area (Å²) in [4.78, 5) is 11.5. The summed E-state index contributed by atoms with van der Waals surface area (Å²) in [5.74, 6) is 0.532. The summed E-state index contributed by atoms with van der Waals surface area (Å²) < 4.78 is 0. The van der Waals surface area contributed by atoms with Crippen LogP contribution in [-0.2, 0) is 4.79 Å². The average molecular weight is 241 g/mol. The van der Waals surface area contributed by atoms with E-state index in [9.17, 15) is 4.79 Å². The van der Waals surface area contributed by atoms with Gasteiger partial charge >= 0.3 is 0 Å². The van der Waals surface area contributed by atoms with Crippen molar-refractivity contribution in [3.05, 3.63) is 0 Å². The topological polar surface area (TPSA) is 43.1 Å². The first kappa shape index (κ1) is 16.5. The third-order valence-corrected chi connectivity index (χ3v) is 3.73. The number of hydrogen-bond acceptors (Lipinski definition) is 1. The van der Waals surface area contributed by atoms with Crippen molar-refractivity contribution in [1.82, 2.24) is 0 Å². The highest BCUT2D eigenvalue weighted by atomic mass is 16.1. The first-order valence-corrected chi connectivity index (χ1v) is 7.46. The highest BCUT2D eigenvalue weighted by molar-refractivity contribution is 5.76. The van der Waals surface area contributed by atoms with Gasteiger partial charge in [0, 0.05) is 5.92 Å². The molecule has 2 N–H and O–H groups in total. The van der Waals surface area contributed by atoms with Crippen molar-refractivity contribution in [3.63, 3.8) is 0 Å². The number of primary amides is 1. The fourth-order valence-corrected chi connectivity index (χ4v) is 2.63. The zero-order valence-electron chi connectivity index (χ0n) is 12.0. The first-order valence-electron chi connectivity index (χ1n) is 7.46. The summed E-state index contributed by atoms with van der Waals surface area (Å²) in [7, 11) is 0. The van der Waals surface area contributed by atoms with Gasteiger partial charge in [-0.15, -0.1) is 0 Å². The van der Waals surface area contributed by atoms with E-state index >= 15 is 0 Å². The largest absolute Gasteiger partial charge is 0.369 e. The van der Waals surface area contributed by atoms with Gasteiger partial charge in [0.1, 0.15) is 0 Å². The summed E-state index contributed by atoms with van der Waals surface area (Å²) in [6, 6.07) is 0. The quantitative estimate of drug-likeness (QED) is 0.539. The zero-order chi connectivity index (χ0) is 13.1. The second-order valence-corrected chi connectivity index (χ2v) is 5.17. The van der Waals surface area contributed by atoms with Crippen LogP contribution < -0.4 is 5.73 Å². The smallest absolute Gasteiger partial charge is 0.220 e. The van der Waals surface area contributed by atoms with Gasteiger partial charge in [0.15, 0.2) is 0 Å². The molecule has 0 aromatic carbocycles. The molecule has 0 spiro atoms. The lowest BCUT2D eigenvalue weighted by Crippen LogP contribution is -2.29. The van der Waals surface area contributed by atoms with Gasteiger partial charge in [-0.3, -0.25) is 4.79 Å². The van der Waals surface area contributed by atoms with E-state index in [4.69, 9.17) is 5.73 Å². The van der Waals surface area contributed by atoms with E-state index in [0.717, 1.165) is 6.42 Å². The second kappa shape index (κ2) is 10.6. The molecule has 0 aromatic rings. The van der Waals surface area contributed by atoms with Crippen LogP contribution in [-0.4, -0.2) is 5.91 Å². The van der Waals surface area contributed by atoms with Crippen LogP contribution in [0.2, 0.25) is 0 Å². The molecule has 0 fully saturated rings. The summed E-state index contributed by atoms with van der Waals surface area (Å²) in [5.41, 5.74) is 5.52. The Bertz CT molecular complexity index is 181. The van der Waals surface area contributed by atoms with E-state index in [1.165, 1.54) is 51.4 Å². The van der Waals surface area contributed by atoms with Crippen LogP contribution in [0.15, 0.2) is 0 Å². The third-order valence-electron chi connectivity index (χ3n) is 3.73. The van der Waals surface area contributed by atoms with Gasteiger partial charge in [0.2, 0.25) is 5.91 Å². The third kappa shape index (κ3) is 7.40. The summed E-state index contributed by atoms with van der Waals surface area (Å²) in [5, 5.41) is 0. The minimum Gasteiger partial charge on any atom is -0.369 e. The van der Waals surface area contributed by atoms with Crippen molar-refractivity contribution >= 4 is 5.91 Å². The van der Waals surface area contributed by atoms with Gasteiger partial charge in [0.05, 0.1) is 0 Å². The molecule has 1 amide bonds. The summed E-state index contributed by atoms with van der Waals surface area (Å²) in [6.45, 7) is 6.52. The number of unbranched alkanes of at least 4 members (excludes halogenated alkanes) is 4. The number of hydrogen-bond donors (Lipinski definition) is 1. The number of rotatable bonds is 11. The Morgan fingerprint density at radius 3 is 1.71 bits per heavy atom.